The van der Waals surface area contributed by atoms with E-state index < -0.39 is 6.04 Å². The fourth-order valence-corrected chi connectivity index (χ4v) is 3.37. The van der Waals surface area contributed by atoms with Crippen molar-refractivity contribution >= 4 is 34.2 Å². The summed E-state index contributed by atoms with van der Waals surface area (Å²) in [5, 5.41) is 10.3. The number of thiazole rings is 1. The molecule has 2 aromatic rings. The second kappa shape index (κ2) is 8.63. The Morgan fingerprint density at radius 1 is 1.41 bits per heavy atom. The van der Waals surface area contributed by atoms with Crippen LogP contribution in [0, 0.1) is 0 Å². The molecular weight excluding hydrogens is 368 g/mol. The van der Waals surface area contributed by atoms with Crippen molar-refractivity contribution in [2.24, 2.45) is 0 Å². The third-order valence-corrected chi connectivity index (χ3v) is 4.87. The van der Waals surface area contributed by atoms with Crippen LogP contribution in [0.4, 0.5) is 5.13 Å². The highest BCUT2D eigenvalue weighted by Crippen LogP contribution is 2.18. The van der Waals surface area contributed by atoms with E-state index in [2.05, 4.69) is 20.9 Å². The number of ether oxygens (including phenoxy) is 1. The van der Waals surface area contributed by atoms with Gasteiger partial charge in [0.1, 0.15) is 11.8 Å². The molecule has 27 heavy (non-hydrogen) atoms. The van der Waals surface area contributed by atoms with Crippen LogP contribution in [-0.2, 0) is 27.3 Å². The third-order valence-electron chi connectivity index (χ3n) is 4.06. The summed E-state index contributed by atoms with van der Waals surface area (Å²) in [4.78, 5) is 39.6. The molecular formula is C18H20N4O4S. The van der Waals surface area contributed by atoms with Crippen LogP contribution in [0.1, 0.15) is 24.1 Å². The number of anilines is 1. The molecule has 0 radical (unpaired) electrons. The Balaban J connectivity index is 1.47. The van der Waals surface area contributed by atoms with Crippen molar-refractivity contribution in [1.82, 2.24) is 15.6 Å². The summed E-state index contributed by atoms with van der Waals surface area (Å²) in [5.41, 5.74) is 1.52. The van der Waals surface area contributed by atoms with Crippen LogP contribution in [0.25, 0.3) is 0 Å². The summed E-state index contributed by atoms with van der Waals surface area (Å²) >= 11 is 1.25. The molecule has 0 saturated carbocycles. The first-order chi connectivity index (χ1) is 13.0. The number of benzene rings is 1. The maximum atomic E-state index is 12.1. The topological polar surface area (TPSA) is 109 Å². The van der Waals surface area contributed by atoms with E-state index in [0.29, 0.717) is 30.2 Å². The highest BCUT2D eigenvalue weighted by atomic mass is 32.1. The minimum absolute atomic E-state index is 0.122. The van der Waals surface area contributed by atoms with Crippen LogP contribution in [0.2, 0.25) is 0 Å². The van der Waals surface area contributed by atoms with E-state index in [0.717, 1.165) is 11.3 Å². The zero-order valence-corrected chi connectivity index (χ0v) is 15.6. The van der Waals surface area contributed by atoms with Crippen molar-refractivity contribution in [3.63, 3.8) is 0 Å². The second-order valence-electron chi connectivity index (χ2n) is 6.10. The molecule has 1 aliphatic heterocycles. The number of methoxy groups -OCH3 is 1. The lowest BCUT2D eigenvalue weighted by Gasteiger charge is -2.08. The van der Waals surface area contributed by atoms with Gasteiger partial charge >= 0.3 is 0 Å². The Kier molecular flexibility index (Phi) is 6.02. The van der Waals surface area contributed by atoms with Crippen molar-refractivity contribution in [3.8, 4) is 5.75 Å². The molecule has 1 atom stereocenters. The van der Waals surface area contributed by atoms with Gasteiger partial charge in [-0.25, -0.2) is 4.98 Å². The molecule has 1 saturated heterocycles. The predicted molar refractivity (Wildman–Crippen MR) is 100 cm³/mol. The number of amides is 3. The lowest BCUT2D eigenvalue weighted by molar-refractivity contribution is -0.122. The predicted octanol–water partition coefficient (Wildman–Crippen LogP) is 1.23. The molecule has 1 aromatic heterocycles. The molecule has 1 aromatic carbocycles. The molecule has 0 spiro atoms. The van der Waals surface area contributed by atoms with Crippen molar-refractivity contribution in [2.45, 2.75) is 31.8 Å². The van der Waals surface area contributed by atoms with Crippen LogP contribution < -0.4 is 20.7 Å². The fourth-order valence-electron chi connectivity index (χ4n) is 2.66. The number of carbonyl (C=O) groups is 3. The molecule has 3 amide bonds. The number of nitrogens with zero attached hydrogens (tertiary/aromatic N) is 1. The molecule has 1 aliphatic rings. The van der Waals surface area contributed by atoms with Gasteiger partial charge in [-0.1, -0.05) is 12.1 Å². The lowest BCUT2D eigenvalue weighted by atomic mass is 10.2. The molecule has 142 valence electrons. The highest BCUT2D eigenvalue weighted by Gasteiger charge is 2.27. The number of rotatable bonds is 7. The first-order valence-electron chi connectivity index (χ1n) is 8.48. The summed E-state index contributed by atoms with van der Waals surface area (Å²) < 4.78 is 5.16. The summed E-state index contributed by atoms with van der Waals surface area (Å²) in [5.74, 6) is 0.163. The Hall–Kier alpha value is -2.94. The average molecular weight is 388 g/mol. The van der Waals surface area contributed by atoms with Crippen molar-refractivity contribution < 1.29 is 19.1 Å². The van der Waals surface area contributed by atoms with Crippen LogP contribution in [-0.4, -0.2) is 35.9 Å². The maximum Gasteiger partial charge on any atom is 0.248 e. The van der Waals surface area contributed by atoms with Crippen LogP contribution in [0.15, 0.2) is 29.6 Å². The average Bonchev–Trinajstić information content (AvgIpc) is 3.29. The quantitative estimate of drug-likeness (QED) is 0.661. The Bertz CT molecular complexity index is 851. The molecule has 3 rings (SSSR count). The smallest absolute Gasteiger partial charge is 0.248 e. The van der Waals surface area contributed by atoms with E-state index in [1.165, 1.54) is 11.3 Å². The second-order valence-corrected chi connectivity index (χ2v) is 6.96. The molecule has 2 heterocycles. The van der Waals surface area contributed by atoms with Gasteiger partial charge in [-0.15, -0.1) is 11.3 Å². The summed E-state index contributed by atoms with van der Waals surface area (Å²) in [7, 11) is 1.59. The molecule has 0 aliphatic carbocycles. The molecule has 8 nitrogen and oxygen atoms in total. The lowest BCUT2D eigenvalue weighted by Crippen LogP contribution is -2.37. The van der Waals surface area contributed by atoms with Gasteiger partial charge in [0.25, 0.3) is 0 Å². The molecule has 0 bridgehead atoms. The normalized spacial score (nSPS) is 15.9. The van der Waals surface area contributed by atoms with Crippen LogP contribution in [0.5, 0.6) is 5.75 Å². The number of hydrogen-bond acceptors (Lipinski definition) is 6. The Morgan fingerprint density at radius 2 is 2.26 bits per heavy atom. The number of hydrogen-bond donors (Lipinski definition) is 3. The third kappa shape index (κ3) is 5.27. The maximum absolute atomic E-state index is 12.1. The number of aromatic nitrogens is 1. The van der Waals surface area contributed by atoms with Crippen molar-refractivity contribution in [2.75, 3.05) is 12.4 Å². The van der Waals surface area contributed by atoms with Gasteiger partial charge in [0.05, 0.1) is 19.2 Å². The molecule has 9 heteroatoms. The zero-order valence-electron chi connectivity index (χ0n) is 14.8. The summed E-state index contributed by atoms with van der Waals surface area (Å²) in [6, 6.07) is 6.95. The first kappa shape index (κ1) is 18.8. The summed E-state index contributed by atoms with van der Waals surface area (Å²) in [6.07, 6.45) is 0.959. The van der Waals surface area contributed by atoms with Gasteiger partial charge in [-0.3, -0.25) is 14.4 Å². The summed E-state index contributed by atoms with van der Waals surface area (Å²) in [6.45, 7) is 0.394. The van der Waals surface area contributed by atoms with Gasteiger partial charge in [-0.05, 0) is 24.1 Å². The minimum Gasteiger partial charge on any atom is -0.497 e. The molecule has 1 fully saturated rings. The van der Waals surface area contributed by atoms with Crippen LogP contribution >= 0.6 is 11.3 Å². The van der Waals surface area contributed by atoms with Gasteiger partial charge in [0.15, 0.2) is 5.13 Å². The number of carbonyl (C=O) groups excluding carboxylic acids is 3. The van der Waals surface area contributed by atoms with Gasteiger partial charge in [-0.2, -0.15) is 0 Å². The SMILES string of the molecule is COc1cccc(CNC(=O)Cc2csc(NC(=O)[C@H]3CCC(=O)N3)n2)c1. The van der Waals surface area contributed by atoms with E-state index in [-0.39, 0.29) is 24.1 Å². The zero-order chi connectivity index (χ0) is 19.2. The fraction of sp³-hybridized carbons (Fsp3) is 0.333. The van der Waals surface area contributed by atoms with Gasteiger partial charge in [0, 0.05) is 18.3 Å². The minimum atomic E-state index is -0.518. The van der Waals surface area contributed by atoms with Crippen LogP contribution in [0.3, 0.4) is 0 Å². The largest absolute Gasteiger partial charge is 0.497 e. The monoisotopic (exact) mass is 388 g/mol. The van der Waals surface area contributed by atoms with E-state index in [1.807, 2.05) is 24.3 Å². The van der Waals surface area contributed by atoms with Gasteiger partial charge < -0.3 is 20.7 Å². The van der Waals surface area contributed by atoms with E-state index >= 15 is 0 Å². The van der Waals surface area contributed by atoms with Crippen molar-refractivity contribution in [3.05, 3.63) is 40.9 Å². The highest BCUT2D eigenvalue weighted by molar-refractivity contribution is 7.13. The van der Waals surface area contributed by atoms with E-state index in [1.54, 1.807) is 12.5 Å². The standard InChI is InChI=1S/C18H20N4O4S/c1-26-13-4-2-3-11(7-13)9-19-16(24)8-12-10-27-18(20-12)22-17(25)14-5-6-15(23)21-14/h2-4,7,10,14H,5-6,8-9H2,1H3,(H,19,24)(H,21,23)(H,20,22,25)/t14-/m1/s1. The van der Waals surface area contributed by atoms with E-state index in [4.69, 9.17) is 4.74 Å². The first-order valence-corrected chi connectivity index (χ1v) is 9.35. The Morgan fingerprint density at radius 3 is 3.00 bits per heavy atom. The molecule has 3 N–H and O–H groups in total. The van der Waals surface area contributed by atoms with Crippen molar-refractivity contribution in [1.29, 1.82) is 0 Å². The van der Waals surface area contributed by atoms with Gasteiger partial charge in [0.2, 0.25) is 17.7 Å². The van der Waals surface area contributed by atoms with E-state index in [9.17, 15) is 14.4 Å². The molecule has 0 unspecified atom stereocenters. The Labute approximate surface area is 160 Å². The number of nitrogens with one attached hydrogen (secondary N) is 3.